The van der Waals surface area contributed by atoms with Gasteiger partial charge in [0.2, 0.25) is 5.91 Å². The van der Waals surface area contributed by atoms with E-state index in [1.165, 1.54) is 16.0 Å². The highest BCUT2D eigenvalue weighted by molar-refractivity contribution is 7.10. The number of halogens is 2. The normalized spacial score (nSPS) is 18.4. The number of hydrogen-bond acceptors (Lipinski definition) is 4. The molecule has 1 saturated heterocycles. The SMILES string of the molecule is O=C(CCN1CCc2sccc2C1c1ccccc1)N1CCN(C(=O)c2ccc(Cl)cc2Cl)CC1. The third-order valence-corrected chi connectivity index (χ3v) is 8.42. The van der Waals surface area contributed by atoms with Crippen molar-refractivity contribution >= 4 is 46.4 Å². The van der Waals surface area contributed by atoms with Gasteiger partial charge in [0.25, 0.3) is 5.91 Å². The van der Waals surface area contributed by atoms with Crippen molar-refractivity contribution in [1.29, 1.82) is 0 Å². The van der Waals surface area contributed by atoms with Gasteiger partial charge in [-0.3, -0.25) is 14.5 Å². The maximum absolute atomic E-state index is 13.1. The molecule has 0 radical (unpaired) electrons. The molecule has 1 unspecified atom stereocenters. The van der Waals surface area contributed by atoms with E-state index in [0.717, 1.165) is 13.0 Å². The molecule has 2 aliphatic rings. The van der Waals surface area contributed by atoms with E-state index in [-0.39, 0.29) is 17.9 Å². The molecule has 1 aromatic heterocycles. The summed E-state index contributed by atoms with van der Waals surface area (Å²) in [4.78, 5) is 33.5. The summed E-state index contributed by atoms with van der Waals surface area (Å²) in [5.74, 6) is 0.0221. The highest BCUT2D eigenvalue weighted by Gasteiger charge is 2.31. The number of thiophene rings is 1. The lowest BCUT2D eigenvalue weighted by Gasteiger charge is -2.38. The van der Waals surface area contributed by atoms with Crippen LogP contribution in [0.25, 0.3) is 0 Å². The molecule has 2 aliphatic heterocycles. The molecule has 0 aliphatic carbocycles. The molecule has 0 bridgehead atoms. The highest BCUT2D eigenvalue weighted by Crippen LogP contribution is 2.37. The Kier molecular flexibility index (Phi) is 7.44. The van der Waals surface area contributed by atoms with E-state index in [2.05, 4.69) is 40.6 Å². The van der Waals surface area contributed by atoms with Gasteiger partial charge < -0.3 is 9.80 Å². The van der Waals surface area contributed by atoms with E-state index in [0.29, 0.717) is 54.8 Å². The summed E-state index contributed by atoms with van der Waals surface area (Å²) >= 11 is 14.0. The van der Waals surface area contributed by atoms with Gasteiger partial charge in [0, 0.05) is 55.6 Å². The van der Waals surface area contributed by atoms with E-state index >= 15 is 0 Å². The minimum Gasteiger partial charge on any atom is -0.339 e. The van der Waals surface area contributed by atoms with E-state index in [1.807, 2.05) is 22.3 Å². The molecule has 3 heterocycles. The fraction of sp³-hybridized carbons (Fsp3) is 0.333. The summed E-state index contributed by atoms with van der Waals surface area (Å²) in [6, 6.07) is 17.9. The summed E-state index contributed by atoms with van der Waals surface area (Å²) in [5, 5.41) is 3.03. The van der Waals surface area contributed by atoms with Crippen molar-refractivity contribution in [2.75, 3.05) is 39.3 Å². The monoisotopic (exact) mass is 527 g/mol. The summed E-state index contributed by atoms with van der Waals surface area (Å²) in [6.45, 7) is 3.73. The standard InChI is InChI=1S/C27H27Cl2N3O2S/c28-20-6-7-21(23(29)18-20)27(34)32-15-13-30(14-16-32)25(33)9-12-31-11-8-24-22(10-17-35-24)26(31)19-4-2-1-3-5-19/h1-7,10,17-18,26H,8-9,11-16H2. The first-order chi connectivity index (χ1) is 17.0. The fourth-order valence-electron chi connectivity index (χ4n) is 5.02. The van der Waals surface area contributed by atoms with Crippen molar-refractivity contribution in [3.8, 4) is 0 Å². The Morgan fingerprint density at radius 1 is 0.914 bits per heavy atom. The molecule has 2 aromatic carbocycles. The van der Waals surface area contributed by atoms with Crippen LogP contribution in [0.15, 0.2) is 60.0 Å². The first kappa shape index (κ1) is 24.3. The Labute approximate surface area is 219 Å². The Hall–Kier alpha value is -2.38. The van der Waals surface area contributed by atoms with E-state index in [9.17, 15) is 9.59 Å². The first-order valence-corrected chi connectivity index (χ1v) is 13.5. The summed E-state index contributed by atoms with van der Waals surface area (Å²) in [5.41, 5.74) is 3.08. The van der Waals surface area contributed by atoms with Crippen LogP contribution in [-0.2, 0) is 11.2 Å². The third kappa shape index (κ3) is 5.26. The number of fused-ring (bicyclic) bond motifs is 1. The van der Waals surface area contributed by atoms with Gasteiger partial charge in [-0.25, -0.2) is 0 Å². The van der Waals surface area contributed by atoms with Gasteiger partial charge in [-0.1, -0.05) is 53.5 Å². The van der Waals surface area contributed by atoms with Crippen LogP contribution in [0.4, 0.5) is 0 Å². The van der Waals surface area contributed by atoms with Crippen LogP contribution < -0.4 is 0 Å². The minimum atomic E-state index is -0.121. The second kappa shape index (κ2) is 10.7. The third-order valence-electron chi connectivity index (χ3n) is 6.88. The zero-order chi connectivity index (χ0) is 24.4. The molecule has 8 heteroatoms. The van der Waals surface area contributed by atoms with Crippen LogP contribution in [0.1, 0.15) is 38.8 Å². The zero-order valence-electron chi connectivity index (χ0n) is 19.3. The molecule has 1 atom stereocenters. The predicted octanol–water partition coefficient (Wildman–Crippen LogP) is 5.38. The van der Waals surface area contributed by atoms with Gasteiger partial charge >= 0.3 is 0 Å². The molecule has 5 nitrogen and oxygen atoms in total. The van der Waals surface area contributed by atoms with E-state index in [1.54, 1.807) is 23.1 Å². The molecule has 2 amide bonds. The predicted molar refractivity (Wildman–Crippen MR) is 141 cm³/mol. The number of hydrogen-bond donors (Lipinski definition) is 0. The number of carbonyl (C=O) groups excluding carboxylic acids is 2. The number of piperazine rings is 1. The van der Waals surface area contributed by atoms with Crippen LogP contribution >= 0.6 is 34.5 Å². The average molecular weight is 529 g/mol. The van der Waals surface area contributed by atoms with Crippen molar-refractivity contribution in [3.63, 3.8) is 0 Å². The maximum Gasteiger partial charge on any atom is 0.255 e. The quantitative estimate of drug-likeness (QED) is 0.447. The fourth-order valence-corrected chi connectivity index (χ4v) is 6.42. The lowest BCUT2D eigenvalue weighted by molar-refractivity contribution is -0.133. The number of nitrogens with zero attached hydrogens (tertiary/aromatic N) is 3. The summed E-state index contributed by atoms with van der Waals surface area (Å²) in [6.07, 6.45) is 1.50. The number of benzene rings is 2. The summed E-state index contributed by atoms with van der Waals surface area (Å²) in [7, 11) is 0. The zero-order valence-corrected chi connectivity index (χ0v) is 21.7. The smallest absolute Gasteiger partial charge is 0.255 e. The molecule has 182 valence electrons. The minimum absolute atomic E-state index is 0.121. The van der Waals surface area contributed by atoms with Crippen LogP contribution in [0, 0.1) is 0 Å². The van der Waals surface area contributed by atoms with Gasteiger partial charge in [-0.05, 0) is 47.2 Å². The molecule has 3 aromatic rings. The Balaban J connectivity index is 1.18. The molecule has 5 rings (SSSR count). The van der Waals surface area contributed by atoms with Crippen molar-refractivity contribution in [2.24, 2.45) is 0 Å². The van der Waals surface area contributed by atoms with E-state index in [4.69, 9.17) is 23.2 Å². The van der Waals surface area contributed by atoms with Gasteiger partial charge in [0.05, 0.1) is 16.6 Å². The van der Waals surface area contributed by atoms with Gasteiger partial charge in [0.1, 0.15) is 0 Å². The maximum atomic E-state index is 13.1. The molecule has 35 heavy (non-hydrogen) atoms. The second-order valence-corrected chi connectivity index (χ2v) is 10.8. The van der Waals surface area contributed by atoms with Crippen LogP contribution in [0.2, 0.25) is 10.0 Å². The van der Waals surface area contributed by atoms with Crippen molar-refractivity contribution < 1.29 is 9.59 Å². The Bertz CT molecular complexity index is 1210. The van der Waals surface area contributed by atoms with Crippen molar-refractivity contribution in [1.82, 2.24) is 14.7 Å². The Morgan fingerprint density at radius 2 is 1.66 bits per heavy atom. The molecule has 0 N–H and O–H groups in total. The lowest BCUT2D eigenvalue weighted by Crippen LogP contribution is -2.51. The van der Waals surface area contributed by atoms with Gasteiger partial charge in [0.15, 0.2) is 0 Å². The Morgan fingerprint density at radius 3 is 2.40 bits per heavy atom. The lowest BCUT2D eigenvalue weighted by atomic mass is 9.93. The number of carbonyl (C=O) groups is 2. The van der Waals surface area contributed by atoms with E-state index < -0.39 is 0 Å². The van der Waals surface area contributed by atoms with Crippen LogP contribution in [0.3, 0.4) is 0 Å². The molecular weight excluding hydrogens is 501 g/mol. The van der Waals surface area contributed by atoms with Crippen LogP contribution in [-0.4, -0.2) is 65.8 Å². The molecular formula is C27H27Cl2N3O2S. The second-order valence-electron chi connectivity index (χ2n) is 8.95. The highest BCUT2D eigenvalue weighted by atomic mass is 35.5. The molecule has 1 fully saturated rings. The van der Waals surface area contributed by atoms with Gasteiger partial charge in [-0.2, -0.15) is 0 Å². The van der Waals surface area contributed by atoms with Crippen molar-refractivity contribution in [3.05, 3.63) is 91.6 Å². The molecule has 0 spiro atoms. The first-order valence-electron chi connectivity index (χ1n) is 11.9. The summed E-state index contributed by atoms with van der Waals surface area (Å²) < 4.78 is 0. The average Bonchev–Trinajstić information content (AvgIpc) is 3.36. The molecule has 0 saturated carbocycles. The number of rotatable bonds is 5. The number of amides is 2. The van der Waals surface area contributed by atoms with Crippen LogP contribution in [0.5, 0.6) is 0 Å². The van der Waals surface area contributed by atoms with Crippen molar-refractivity contribution in [2.45, 2.75) is 18.9 Å². The van der Waals surface area contributed by atoms with Gasteiger partial charge in [-0.15, -0.1) is 11.3 Å². The topological polar surface area (TPSA) is 43.9 Å². The largest absolute Gasteiger partial charge is 0.339 e.